The monoisotopic (exact) mass is 298 g/mol. The topological polar surface area (TPSA) is 93.9 Å². The van der Waals surface area contributed by atoms with Gasteiger partial charge in [-0.1, -0.05) is 0 Å². The molecule has 1 aromatic heterocycles. The lowest BCUT2D eigenvalue weighted by atomic mass is 10.4. The summed E-state index contributed by atoms with van der Waals surface area (Å²) < 4.78 is 0.779. The normalized spacial score (nSPS) is 18.9. The fraction of sp³-hybridized carbons (Fsp3) is 0.222. The lowest BCUT2D eigenvalue weighted by molar-refractivity contribution is 0.233. The van der Waals surface area contributed by atoms with Gasteiger partial charge in [0, 0.05) is 6.20 Å². The molecule has 0 bridgehead atoms. The Bertz CT molecular complexity index is 449. The number of aromatic nitrogens is 1. The van der Waals surface area contributed by atoms with Gasteiger partial charge in [-0.25, -0.2) is 15.5 Å². The molecule has 0 aliphatic carbocycles. The summed E-state index contributed by atoms with van der Waals surface area (Å²) in [4.78, 5) is 8.30. The summed E-state index contributed by atoms with van der Waals surface area (Å²) >= 11 is 3.34. The minimum atomic E-state index is -0.111. The maximum absolute atomic E-state index is 8.99. The first-order chi connectivity index (χ1) is 8.29. The molecule has 4 N–H and O–H groups in total. The van der Waals surface area contributed by atoms with Crippen molar-refractivity contribution in [1.29, 1.82) is 0 Å². The van der Waals surface area contributed by atoms with Gasteiger partial charge >= 0.3 is 0 Å². The third-order valence-corrected chi connectivity index (χ3v) is 2.67. The van der Waals surface area contributed by atoms with E-state index < -0.39 is 0 Å². The van der Waals surface area contributed by atoms with Crippen molar-refractivity contribution in [3.05, 3.63) is 22.8 Å². The molecule has 0 fully saturated rings. The zero-order chi connectivity index (χ0) is 12.1. The van der Waals surface area contributed by atoms with Crippen LogP contribution in [0.4, 0.5) is 5.82 Å². The summed E-state index contributed by atoms with van der Waals surface area (Å²) in [6.07, 6.45) is 3.30. The molecule has 8 heteroatoms. The Morgan fingerprint density at radius 2 is 2.53 bits per heavy atom. The maximum atomic E-state index is 8.99. The lowest BCUT2D eigenvalue weighted by Gasteiger charge is -2.10. The third kappa shape index (κ3) is 3.14. The molecule has 7 nitrogen and oxygen atoms in total. The van der Waals surface area contributed by atoms with Crippen molar-refractivity contribution in [2.45, 2.75) is 6.04 Å². The molecule has 1 aliphatic heterocycles. The summed E-state index contributed by atoms with van der Waals surface area (Å²) in [6, 6.07) is 3.52. The van der Waals surface area contributed by atoms with E-state index in [0.717, 1.165) is 4.47 Å². The first kappa shape index (κ1) is 11.8. The number of nitrogens with zero attached hydrogens (tertiary/aromatic N) is 3. The third-order valence-electron chi connectivity index (χ3n) is 2.03. The molecule has 0 radical (unpaired) electrons. The van der Waals surface area contributed by atoms with E-state index in [-0.39, 0.29) is 12.0 Å². The van der Waals surface area contributed by atoms with Crippen molar-refractivity contribution >= 4 is 33.9 Å². The fourth-order valence-electron chi connectivity index (χ4n) is 1.26. The summed E-state index contributed by atoms with van der Waals surface area (Å²) in [5.74, 6) is 0.778. The molecule has 1 aromatic rings. The second-order valence-electron chi connectivity index (χ2n) is 3.26. The van der Waals surface area contributed by atoms with Gasteiger partial charge in [-0.3, -0.25) is 5.21 Å². The van der Waals surface area contributed by atoms with Crippen LogP contribution in [0.25, 0.3) is 0 Å². The van der Waals surface area contributed by atoms with Crippen LogP contribution in [0, 0.1) is 0 Å². The SMILES string of the molecule is ONC(=NC1C=NNC1)Nc1ncccc1Br. The van der Waals surface area contributed by atoms with Gasteiger partial charge in [0.2, 0.25) is 5.96 Å². The van der Waals surface area contributed by atoms with Gasteiger partial charge in [-0.2, -0.15) is 5.10 Å². The second-order valence-corrected chi connectivity index (χ2v) is 4.11. The smallest absolute Gasteiger partial charge is 0.221 e. The number of nitrogens with one attached hydrogen (secondary N) is 3. The number of hydroxylamine groups is 1. The van der Waals surface area contributed by atoms with Crippen LogP contribution in [-0.4, -0.2) is 35.0 Å². The first-order valence-electron chi connectivity index (χ1n) is 4.91. The van der Waals surface area contributed by atoms with E-state index in [9.17, 15) is 0 Å². The van der Waals surface area contributed by atoms with Crippen LogP contribution in [0.1, 0.15) is 0 Å². The van der Waals surface area contributed by atoms with Crippen LogP contribution in [0.15, 0.2) is 32.9 Å². The fourth-order valence-corrected chi connectivity index (χ4v) is 1.62. The number of anilines is 1. The highest BCUT2D eigenvalue weighted by molar-refractivity contribution is 9.10. The molecule has 1 unspecified atom stereocenters. The Morgan fingerprint density at radius 3 is 3.18 bits per heavy atom. The van der Waals surface area contributed by atoms with Crippen LogP contribution in [-0.2, 0) is 0 Å². The van der Waals surface area contributed by atoms with Crippen LogP contribution in [0.3, 0.4) is 0 Å². The summed E-state index contributed by atoms with van der Waals surface area (Å²) in [5, 5.41) is 15.7. The Kier molecular flexibility index (Phi) is 3.89. The molecule has 0 aromatic carbocycles. The van der Waals surface area contributed by atoms with Crippen molar-refractivity contribution in [3.8, 4) is 0 Å². The molecule has 2 heterocycles. The molecule has 90 valence electrons. The molecule has 2 rings (SSSR count). The Labute approximate surface area is 106 Å². The molecule has 0 saturated heterocycles. The average molecular weight is 299 g/mol. The first-order valence-corrected chi connectivity index (χ1v) is 5.70. The minimum absolute atomic E-state index is 0.111. The quantitative estimate of drug-likeness (QED) is 0.363. The van der Waals surface area contributed by atoms with Crippen molar-refractivity contribution in [1.82, 2.24) is 15.9 Å². The van der Waals surface area contributed by atoms with Gasteiger partial charge in [0.1, 0.15) is 11.9 Å². The number of halogens is 1. The second kappa shape index (κ2) is 5.60. The molecule has 0 amide bonds. The van der Waals surface area contributed by atoms with Gasteiger partial charge in [0.15, 0.2) is 0 Å². The van der Waals surface area contributed by atoms with E-state index in [1.807, 2.05) is 11.5 Å². The summed E-state index contributed by atoms with van der Waals surface area (Å²) in [6.45, 7) is 0.607. The van der Waals surface area contributed by atoms with Crippen LogP contribution >= 0.6 is 15.9 Å². The van der Waals surface area contributed by atoms with Gasteiger partial charge < -0.3 is 10.7 Å². The van der Waals surface area contributed by atoms with Crippen molar-refractivity contribution in [2.75, 3.05) is 11.9 Å². The average Bonchev–Trinajstić information content (AvgIpc) is 2.84. The predicted molar refractivity (Wildman–Crippen MR) is 68.2 cm³/mol. The Hall–Kier alpha value is -1.67. The highest BCUT2D eigenvalue weighted by Gasteiger charge is 2.11. The van der Waals surface area contributed by atoms with E-state index in [0.29, 0.717) is 12.4 Å². The molecule has 1 aliphatic rings. The highest BCUT2D eigenvalue weighted by atomic mass is 79.9. The summed E-state index contributed by atoms with van der Waals surface area (Å²) in [5.41, 5.74) is 4.77. The molecular weight excluding hydrogens is 288 g/mol. The van der Waals surface area contributed by atoms with Crippen molar-refractivity contribution < 1.29 is 5.21 Å². The van der Waals surface area contributed by atoms with Crippen molar-refractivity contribution in [3.63, 3.8) is 0 Å². The van der Waals surface area contributed by atoms with Gasteiger partial charge in [-0.15, -0.1) is 0 Å². The maximum Gasteiger partial charge on any atom is 0.221 e. The zero-order valence-electron chi connectivity index (χ0n) is 8.76. The Balaban J connectivity index is 2.09. The van der Waals surface area contributed by atoms with Crippen LogP contribution < -0.4 is 16.2 Å². The molecule has 1 atom stereocenters. The summed E-state index contributed by atoms with van der Waals surface area (Å²) in [7, 11) is 0. The van der Waals surface area contributed by atoms with Crippen LogP contribution in [0.5, 0.6) is 0 Å². The van der Waals surface area contributed by atoms with E-state index in [2.05, 4.69) is 41.8 Å². The largest absolute Gasteiger partial charge is 0.308 e. The van der Waals surface area contributed by atoms with E-state index in [1.54, 1.807) is 18.5 Å². The zero-order valence-corrected chi connectivity index (χ0v) is 10.3. The standard InChI is InChI=1S/C9H11BrN6O/c10-7-2-1-3-11-8(7)15-9(16-17)14-6-4-12-13-5-6/h1-4,6,13,17H,5H2,(H2,11,14,15,16). The van der Waals surface area contributed by atoms with Gasteiger partial charge in [0.05, 0.1) is 17.2 Å². The molecule has 0 saturated carbocycles. The van der Waals surface area contributed by atoms with E-state index in [1.165, 1.54) is 0 Å². The number of aliphatic imine (C=N–C) groups is 1. The number of hydrogen-bond acceptors (Lipinski definition) is 5. The van der Waals surface area contributed by atoms with Crippen LogP contribution in [0.2, 0.25) is 0 Å². The molecule has 17 heavy (non-hydrogen) atoms. The van der Waals surface area contributed by atoms with Gasteiger partial charge in [-0.05, 0) is 28.1 Å². The highest BCUT2D eigenvalue weighted by Crippen LogP contribution is 2.17. The van der Waals surface area contributed by atoms with Crippen molar-refractivity contribution in [2.24, 2.45) is 10.1 Å². The van der Waals surface area contributed by atoms with E-state index >= 15 is 0 Å². The van der Waals surface area contributed by atoms with Gasteiger partial charge in [0.25, 0.3) is 0 Å². The van der Waals surface area contributed by atoms with E-state index in [4.69, 9.17) is 5.21 Å². The lowest BCUT2D eigenvalue weighted by Crippen LogP contribution is -2.31. The number of hydrazone groups is 1. The molecule has 0 spiro atoms. The number of pyridine rings is 1. The number of hydrogen-bond donors (Lipinski definition) is 4. The molecular formula is C9H11BrN6O. The minimum Gasteiger partial charge on any atom is -0.308 e. The predicted octanol–water partition coefficient (Wildman–Crippen LogP) is 0.548. The Morgan fingerprint density at radius 1 is 1.65 bits per heavy atom. The number of rotatable bonds is 2. The number of guanidine groups is 1.